The summed E-state index contributed by atoms with van der Waals surface area (Å²) < 4.78 is 16.1. The van der Waals surface area contributed by atoms with Gasteiger partial charge in [0.15, 0.2) is 18.1 Å². The van der Waals surface area contributed by atoms with Gasteiger partial charge in [0.05, 0.1) is 19.9 Å². The minimum atomic E-state index is -0.331. The zero-order valence-corrected chi connectivity index (χ0v) is 15.4. The molecular formula is C20H22N2O5. The highest BCUT2D eigenvalue weighted by molar-refractivity contribution is 5.95. The largest absolute Gasteiger partial charge is 0.495 e. The highest BCUT2D eigenvalue weighted by atomic mass is 16.5. The van der Waals surface area contributed by atoms with Crippen molar-refractivity contribution < 1.29 is 23.8 Å². The van der Waals surface area contributed by atoms with Crippen LogP contribution in [0, 0.1) is 0 Å². The fourth-order valence-electron chi connectivity index (χ4n) is 2.70. The smallest absolute Gasteiger partial charge is 0.262 e. The van der Waals surface area contributed by atoms with Gasteiger partial charge in [-0.1, -0.05) is 12.1 Å². The van der Waals surface area contributed by atoms with Gasteiger partial charge in [0.25, 0.3) is 11.8 Å². The summed E-state index contributed by atoms with van der Waals surface area (Å²) >= 11 is 0. The Balaban J connectivity index is 1.63. The Morgan fingerprint density at radius 1 is 1.00 bits per heavy atom. The Hall–Kier alpha value is -3.22. The average Bonchev–Trinajstić information content (AvgIpc) is 2.65. The Morgan fingerprint density at radius 3 is 2.41 bits per heavy atom. The summed E-state index contributed by atoms with van der Waals surface area (Å²) in [7, 11) is 3.03. The third kappa shape index (κ3) is 4.31. The molecule has 0 atom stereocenters. The van der Waals surface area contributed by atoms with Gasteiger partial charge in [-0.3, -0.25) is 9.59 Å². The molecule has 1 N–H and O–H groups in total. The van der Waals surface area contributed by atoms with Crippen LogP contribution in [0.1, 0.15) is 16.8 Å². The van der Waals surface area contributed by atoms with Crippen molar-refractivity contribution in [1.29, 1.82) is 0 Å². The number of rotatable bonds is 7. The lowest BCUT2D eigenvalue weighted by molar-refractivity contribution is -0.118. The van der Waals surface area contributed by atoms with Gasteiger partial charge in [0.2, 0.25) is 0 Å². The molecule has 1 saturated heterocycles. The molecule has 0 bridgehead atoms. The third-order valence-electron chi connectivity index (χ3n) is 4.29. The molecule has 27 heavy (non-hydrogen) atoms. The van der Waals surface area contributed by atoms with Crippen molar-refractivity contribution >= 4 is 17.5 Å². The van der Waals surface area contributed by atoms with Crippen molar-refractivity contribution in [2.45, 2.75) is 6.42 Å². The molecule has 0 aliphatic carbocycles. The lowest BCUT2D eigenvalue weighted by Crippen LogP contribution is -2.42. The molecule has 0 saturated carbocycles. The van der Waals surface area contributed by atoms with E-state index >= 15 is 0 Å². The standard InChI is InChI=1S/C20H22N2O5/c1-25-16-7-4-3-6-15(16)21-19(23)13-27-17-9-8-14(12-18(17)26-2)20(24)22-10-5-11-22/h3-4,6-9,12H,5,10-11,13H2,1-2H3,(H,21,23). The van der Waals surface area contributed by atoms with Crippen molar-refractivity contribution in [3.8, 4) is 17.2 Å². The molecule has 0 spiro atoms. The van der Waals surface area contributed by atoms with E-state index in [4.69, 9.17) is 14.2 Å². The van der Waals surface area contributed by atoms with Crippen LogP contribution in [0.2, 0.25) is 0 Å². The van der Waals surface area contributed by atoms with Crippen LogP contribution >= 0.6 is 0 Å². The van der Waals surface area contributed by atoms with Crippen LogP contribution in [0.5, 0.6) is 17.2 Å². The number of likely N-dealkylation sites (tertiary alicyclic amines) is 1. The minimum Gasteiger partial charge on any atom is -0.495 e. The number of nitrogens with one attached hydrogen (secondary N) is 1. The van der Waals surface area contributed by atoms with Crippen LogP contribution in [0.3, 0.4) is 0 Å². The molecule has 0 unspecified atom stereocenters. The Kier molecular flexibility index (Phi) is 5.80. The topological polar surface area (TPSA) is 77.1 Å². The fraction of sp³-hybridized carbons (Fsp3) is 0.300. The van der Waals surface area contributed by atoms with Crippen molar-refractivity contribution in [2.24, 2.45) is 0 Å². The van der Waals surface area contributed by atoms with Crippen LogP contribution in [0.15, 0.2) is 42.5 Å². The zero-order valence-electron chi connectivity index (χ0n) is 15.4. The van der Waals surface area contributed by atoms with Gasteiger partial charge in [0.1, 0.15) is 5.75 Å². The second-order valence-electron chi connectivity index (χ2n) is 6.05. The molecule has 1 aliphatic rings. The van der Waals surface area contributed by atoms with Crippen LogP contribution < -0.4 is 19.5 Å². The molecule has 2 amide bonds. The summed E-state index contributed by atoms with van der Waals surface area (Å²) in [5.74, 6) is 1.01. The first kappa shape index (κ1) is 18.6. The van der Waals surface area contributed by atoms with Crippen LogP contribution in [0.4, 0.5) is 5.69 Å². The first-order valence-corrected chi connectivity index (χ1v) is 8.65. The SMILES string of the molecule is COc1ccccc1NC(=O)COc1ccc(C(=O)N2CCC2)cc1OC. The second-order valence-corrected chi connectivity index (χ2v) is 6.05. The molecular weight excluding hydrogens is 348 g/mol. The van der Waals surface area contributed by atoms with Gasteiger partial charge in [0, 0.05) is 18.7 Å². The van der Waals surface area contributed by atoms with Gasteiger partial charge >= 0.3 is 0 Å². The predicted octanol–water partition coefficient (Wildman–Crippen LogP) is 2.57. The molecule has 142 valence electrons. The van der Waals surface area contributed by atoms with E-state index < -0.39 is 0 Å². The Bertz CT molecular complexity index is 833. The number of nitrogens with zero attached hydrogens (tertiary/aromatic N) is 1. The zero-order chi connectivity index (χ0) is 19.2. The number of hydrogen-bond donors (Lipinski definition) is 1. The van der Waals surface area contributed by atoms with Gasteiger partial charge in [-0.15, -0.1) is 0 Å². The number of anilines is 1. The van der Waals surface area contributed by atoms with E-state index in [0.717, 1.165) is 19.5 Å². The van der Waals surface area contributed by atoms with Crippen LogP contribution in [-0.2, 0) is 4.79 Å². The van der Waals surface area contributed by atoms with Gasteiger partial charge < -0.3 is 24.4 Å². The van der Waals surface area contributed by atoms with Crippen molar-refractivity contribution in [1.82, 2.24) is 4.90 Å². The first-order valence-electron chi connectivity index (χ1n) is 8.65. The monoisotopic (exact) mass is 370 g/mol. The molecule has 2 aromatic carbocycles. The minimum absolute atomic E-state index is 0.0278. The summed E-state index contributed by atoms with van der Waals surface area (Å²) in [6.45, 7) is 1.36. The van der Waals surface area contributed by atoms with E-state index in [9.17, 15) is 9.59 Å². The number of hydrogen-bond acceptors (Lipinski definition) is 5. The molecule has 1 aliphatic heterocycles. The number of carbonyl (C=O) groups is 2. The predicted molar refractivity (Wildman–Crippen MR) is 101 cm³/mol. The number of methoxy groups -OCH3 is 2. The quantitative estimate of drug-likeness (QED) is 0.811. The van der Waals surface area contributed by atoms with E-state index in [1.54, 1.807) is 41.3 Å². The maximum Gasteiger partial charge on any atom is 0.262 e. The van der Waals surface area contributed by atoms with Crippen LogP contribution in [-0.4, -0.2) is 50.6 Å². The van der Waals surface area contributed by atoms with Gasteiger partial charge in [-0.25, -0.2) is 0 Å². The van der Waals surface area contributed by atoms with Crippen molar-refractivity contribution in [3.05, 3.63) is 48.0 Å². The lowest BCUT2D eigenvalue weighted by atomic mass is 10.1. The summed E-state index contributed by atoms with van der Waals surface area (Å²) in [6, 6.07) is 12.1. The fourth-order valence-corrected chi connectivity index (χ4v) is 2.70. The average molecular weight is 370 g/mol. The summed E-state index contributed by atoms with van der Waals surface area (Å²) in [4.78, 5) is 26.2. The molecule has 1 heterocycles. The van der Waals surface area contributed by atoms with E-state index in [1.807, 2.05) is 6.07 Å². The number of ether oxygens (including phenoxy) is 3. The molecule has 0 aromatic heterocycles. The Labute approximate surface area is 157 Å². The normalized spacial score (nSPS) is 12.7. The molecule has 3 rings (SSSR count). The molecule has 1 fully saturated rings. The summed E-state index contributed by atoms with van der Waals surface area (Å²) in [6.07, 6.45) is 1.03. The number of amides is 2. The molecule has 0 radical (unpaired) electrons. The van der Waals surface area contributed by atoms with Crippen LogP contribution in [0.25, 0.3) is 0 Å². The highest BCUT2D eigenvalue weighted by Crippen LogP contribution is 2.29. The Morgan fingerprint density at radius 2 is 1.74 bits per heavy atom. The number of para-hydroxylation sites is 2. The second kappa shape index (κ2) is 8.44. The van der Waals surface area contributed by atoms with Gasteiger partial charge in [-0.2, -0.15) is 0 Å². The van der Waals surface area contributed by atoms with E-state index in [-0.39, 0.29) is 18.4 Å². The third-order valence-corrected chi connectivity index (χ3v) is 4.29. The van der Waals surface area contributed by atoms with E-state index in [2.05, 4.69) is 5.32 Å². The molecule has 7 heteroatoms. The summed E-state index contributed by atoms with van der Waals surface area (Å²) in [5.41, 5.74) is 1.11. The first-order chi connectivity index (χ1) is 13.1. The molecule has 2 aromatic rings. The molecule has 7 nitrogen and oxygen atoms in total. The highest BCUT2D eigenvalue weighted by Gasteiger charge is 2.22. The number of benzene rings is 2. The summed E-state index contributed by atoms with van der Waals surface area (Å²) in [5, 5.41) is 2.74. The van der Waals surface area contributed by atoms with Gasteiger partial charge in [-0.05, 0) is 36.8 Å². The van der Waals surface area contributed by atoms with Crippen molar-refractivity contribution in [3.63, 3.8) is 0 Å². The van der Waals surface area contributed by atoms with Crippen molar-refractivity contribution in [2.75, 3.05) is 39.2 Å². The number of carbonyl (C=O) groups excluding carboxylic acids is 2. The van der Waals surface area contributed by atoms with E-state index in [0.29, 0.717) is 28.5 Å². The maximum absolute atomic E-state index is 12.3. The maximum atomic E-state index is 12.3. The lowest BCUT2D eigenvalue weighted by Gasteiger charge is -2.31. The van der Waals surface area contributed by atoms with E-state index in [1.165, 1.54) is 14.2 Å².